The van der Waals surface area contributed by atoms with E-state index in [2.05, 4.69) is 24.3 Å². The Morgan fingerprint density at radius 1 is 1.24 bits per heavy atom. The normalized spacial score (nSPS) is 13.0. The largest absolute Gasteiger partial charge is 0.416 e. The summed E-state index contributed by atoms with van der Waals surface area (Å²) in [5, 5.41) is 7.45. The molecule has 0 saturated carbocycles. The van der Waals surface area contributed by atoms with Crippen LogP contribution in [0.3, 0.4) is 0 Å². The van der Waals surface area contributed by atoms with Gasteiger partial charge in [0.1, 0.15) is 0 Å². The number of nitrogens with zero attached hydrogens (tertiary/aromatic N) is 2. The maximum absolute atomic E-state index is 13.1. The third-order valence-corrected chi connectivity index (χ3v) is 4.94. The van der Waals surface area contributed by atoms with Gasteiger partial charge in [0.05, 0.1) is 23.7 Å². The molecular weight excluding hydrogens is 379 g/mol. The highest BCUT2D eigenvalue weighted by Crippen LogP contribution is 2.31. The first kappa shape index (κ1) is 23.0. The van der Waals surface area contributed by atoms with Gasteiger partial charge in [0.15, 0.2) is 0 Å². The molecule has 4 nitrogen and oxygen atoms in total. The van der Waals surface area contributed by atoms with Crippen LogP contribution >= 0.6 is 0 Å². The van der Waals surface area contributed by atoms with Crippen LogP contribution in [-0.2, 0) is 23.9 Å². The molecule has 1 amide bonds. The summed E-state index contributed by atoms with van der Waals surface area (Å²) in [6, 6.07) is 4.73. The van der Waals surface area contributed by atoms with E-state index in [0.29, 0.717) is 17.9 Å². The van der Waals surface area contributed by atoms with Crippen LogP contribution in [0.15, 0.2) is 24.3 Å². The third kappa shape index (κ3) is 6.08. The van der Waals surface area contributed by atoms with Crippen LogP contribution in [-0.4, -0.2) is 15.7 Å². The van der Waals surface area contributed by atoms with Gasteiger partial charge in [-0.25, -0.2) is 0 Å². The SMILES string of the molecule is CCCC(NC(=O)Cc1c(C)nn(CC(C)C)c1C)c1cccc(C(F)(F)F)c1. The lowest BCUT2D eigenvalue weighted by Gasteiger charge is -2.20. The van der Waals surface area contributed by atoms with Crippen LogP contribution in [0.5, 0.6) is 0 Å². The van der Waals surface area contributed by atoms with Crippen LogP contribution in [0.1, 0.15) is 67.7 Å². The van der Waals surface area contributed by atoms with Crippen molar-refractivity contribution in [2.75, 3.05) is 0 Å². The zero-order chi connectivity index (χ0) is 21.8. The number of carbonyl (C=O) groups is 1. The van der Waals surface area contributed by atoms with Gasteiger partial charge < -0.3 is 5.32 Å². The minimum atomic E-state index is -4.41. The predicted octanol–water partition coefficient (Wildman–Crippen LogP) is 5.37. The molecule has 0 saturated heterocycles. The summed E-state index contributed by atoms with van der Waals surface area (Å²) in [4.78, 5) is 12.7. The molecule has 0 radical (unpaired) electrons. The van der Waals surface area contributed by atoms with Crippen LogP contribution in [0, 0.1) is 19.8 Å². The number of alkyl halides is 3. The first-order valence-corrected chi connectivity index (χ1v) is 10.0. The molecule has 1 heterocycles. The lowest BCUT2D eigenvalue weighted by molar-refractivity contribution is -0.137. The van der Waals surface area contributed by atoms with Gasteiger partial charge in [-0.15, -0.1) is 0 Å². The Kier molecular flexibility index (Phi) is 7.49. The van der Waals surface area contributed by atoms with Crippen LogP contribution in [0.4, 0.5) is 13.2 Å². The molecule has 1 atom stereocenters. The molecule has 2 rings (SSSR count). The fourth-order valence-electron chi connectivity index (χ4n) is 3.46. The average Bonchev–Trinajstić information content (AvgIpc) is 2.87. The van der Waals surface area contributed by atoms with Crippen molar-refractivity contribution in [1.82, 2.24) is 15.1 Å². The molecule has 1 aromatic carbocycles. The fraction of sp³-hybridized carbons (Fsp3) is 0.545. The predicted molar refractivity (Wildman–Crippen MR) is 107 cm³/mol. The summed E-state index contributed by atoms with van der Waals surface area (Å²) in [5.74, 6) is 0.223. The number of hydrogen-bond acceptors (Lipinski definition) is 2. The van der Waals surface area contributed by atoms with E-state index in [1.807, 2.05) is 25.5 Å². The molecule has 1 unspecified atom stereocenters. The Morgan fingerprint density at radius 2 is 1.93 bits per heavy atom. The summed E-state index contributed by atoms with van der Waals surface area (Å²) < 4.78 is 41.1. The van der Waals surface area contributed by atoms with Crippen molar-refractivity contribution in [2.45, 2.75) is 72.6 Å². The van der Waals surface area contributed by atoms with Crippen molar-refractivity contribution in [3.8, 4) is 0 Å². The van der Waals surface area contributed by atoms with E-state index in [-0.39, 0.29) is 12.3 Å². The molecule has 0 spiro atoms. The molecule has 7 heteroatoms. The number of amides is 1. The van der Waals surface area contributed by atoms with Gasteiger partial charge in [-0.1, -0.05) is 39.3 Å². The molecule has 0 fully saturated rings. The van der Waals surface area contributed by atoms with Gasteiger partial charge in [0.25, 0.3) is 0 Å². The van der Waals surface area contributed by atoms with Gasteiger partial charge in [0, 0.05) is 17.8 Å². The van der Waals surface area contributed by atoms with Crippen molar-refractivity contribution in [1.29, 1.82) is 0 Å². The van der Waals surface area contributed by atoms with Crippen LogP contribution < -0.4 is 5.32 Å². The van der Waals surface area contributed by atoms with Crippen molar-refractivity contribution in [3.63, 3.8) is 0 Å². The first-order chi connectivity index (χ1) is 13.5. The Hall–Kier alpha value is -2.31. The van der Waals surface area contributed by atoms with E-state index in [4.69, 9.17) is 0 Å². The number of aromatic nitrogens is 2. The number of halogens is 3. The fourth-order valence-corrected chi connectivity index (χ4v) is 3.46. The number of aryl methyl sites for hydroxylation is 1. The van der Waals surface area contributed by atoms with E-state index >= 15 is 0 Å². The molecule has 1 aromatic heterocycles. The van der Waals surface area contributed by atoms with Gasteiger partial charge >= 0.3 is 6.18 Å². The van der Waals surface area contributed by atoms with Gasteiger partial charge in [0.2, 0.25) is 5.91 Å². The third-order valence-electron chi connectivity index (χ3n) is 4.94. The molecule has 0 aliphatic heterocycles. The highest BCUT2D eigenvalue weighted by molar-refractivity contribution is 5.79. The zero-order valence-corrected chi connectivity index (χ0v) is 17.7. The van der Waals surface area contributed by atoms with E-state index < -0.39 is 17.8 Å². The number of rotatable bonds is 8. The first-order valence-electron chi connectivity index (χ1n) is 10.0. The summed E-state index contributed by atoms with van der Waals surface area (Å²) in [6.07, 6.45) is -2.94. The van der Waals surface area contributed by atoms with E-state index in [0.717, 1.165) is 42.0 Å². The lowest BCUT2D eigenvalue weighted by atomic mass is 9.99. The highest BCUT2D eigenvalue weighted by atomic mass is 19.4. The average molecular weight is 409 g/mol. The standard InChI is InChI=1S/C22H30F3N3O/c1-6-8-20(17-9-7-10-18(11-17)22(23,24)25)26-21(29)12-19-15(4)27-28(16(19)5)13-14(2)3/h7,9-11,14,20H,6,8,12-13H2,1-5H3,(H,26,29). The van der Waals surface area contributed by atoms with E-state index in [1.54, 1.807) is 6.07 Å². The number of carbonyl (C=O) groups excluding carboxylic acids is 1. The number of nitrogens with one attached hydrogen (secondary N) is 1. The van der Waals surface area contributed by atoms with Crippen LogP contribution in [0.25, 0.3) is 0 Å². The van der Waals surface area contributed by atoms with E-state index in [1.165, 1.54) is 6.07 Å². The van der Waals surface area contributed by atoms with Crippen molar-refractivity contribution >= 4 is 5.91 Å². The molecule has 2 aromatic rings. The number of benzene rings is 1. The van der Waals surface area contributed by atoms with Gasteiger partial charge in [-0.05, 0) is 43.9 Å². The maximum atomic E-state index is 13.1. The smallest absolute Gasteiger partial charge is 0.349 e. The van der Waals surface area contributed by atoms with Gasteiger partial charge in [-0.3, -0.25) is 9.48 Å². The number of hydrogen-bond donors (Lipinski definition) is 1. The molecular formula is C22H30F3N3O. The quantitative estimate of drug-likeness (QED) is 0.637. The summed E-state index contributed by atoms with van der Waals surface area (Å²) >= 11 is 0. The Balaban J connectivity index is 2.18. The van der Waals surface area contributed by atoms with Crippen molar-refractivity contribution in [2.24, 2.45) is 5.92 Å². The second-order valence-electron chi connectivity index (χ2n) is 7.93. The van der Waals surface area contributed by atoms with Crippen LogP contribution in [0.2, 0.25) is 0 Å². The maximum Gasteiger partial charge on any atom is 0.416 e. The molecule has 0 aliphatic carbocycles. The highest BCUT2D eigenvalue weighted by Gasteiger charge is 2.31. The Labute approximate surface area is 170 Å². The molecule has 160 valence electrons. The minimum absolute atomic E-state index is 0.162. The molecule has 1 N–H and O–H groups in total. The lowest BCUT2D eigenvalue weighted by Crippen LogP contribution is -2.30. The zero-order valence-electron chi connectivity index (χ0n) is 17.7. The Morgan fingerprint density at radius 3 is 2.52 bits per heavy atom. The minimum Gasteiger partial charge on any atom is -0.349 e. The molecule has 0 aliphatic rings. The molecule has 29 heavy (non-hydrogen) atoms. The van der Waals surface area contributed by atoms with Crippen molar-refractivity contribution in [3.05, 3.63) is 52.3 Å². The summed E-state index contributed by atoms with van der Waals surface area (Å²) in [5.41, 5.74) is 2.41. The second kappa shape index (κ2) is 9.46. The van der Waals surface area contributed by atoms with Gasteiger partial charge in [-0.2, -0.15) is 18.3 Å². The molecule has 0 bridgehead atoms. The Bertz CT molecular complexity index is 840. The summed E-state index contributed by atoms with van der Waals surface area (Å²) in [7, 11) is 0. The van der Waals surface area contributed by atoms with Crippen molar-refractivity contribution < 1.29 is 18.0 Å². The topological polar surface area (TPSA) is 46.9 Å². The summed E-state index contributed by atoms with van der Waals surface area (Å²) in [6.45, 7) is 10.7. The second-order valence-corrected chi connectivity index (χ2v) is 7.93. The monoisotopic (exact) mass is 409 g/mol. The van der Waals surface area contributed by atoms with E-state index in [9.17, 15) is 18.0 Å².